The maximum Gasteiger partial charge on any atom is 0.416 e. The van der Waals surface area contributed by atoms with Crippen LogP contribution in [0.15, 0.2) is 23.4 Å². The molecule has 1 aliphatic rings. The highest BCUT2D eigenvalue weighted by atomic mass is 19.4. The van der Waals surface area contributed by atoms with E-state index in [0.29, 0.717) is 32.0 Å². The van der Waals surface area contributed by atoms with Gasteiger partial charge in [0.05, 0.1) is 11.5 Å². The summed E-state index contributed by atoms with van der Waals surface area (Å²) < 4.78 is 42.6. The van der Waals surface area contributed by atoms with Crippen molar-refractivity contribution in [1.82, 2.24) is 5.32 Å². The highest BCUT2D eigenvalue weighted by molar-refractivity contribution is 5.77. The van der Waals surface area contributed by atoms with E-state index in [1.54, 1.807) is 0 Å². The van der Waals surface area contributed by atoms with Crippen LogP contribution >= 0.6 is 0 Å². The number of halogens is 3. The Morgan fingerprint density at radius 2 is 1.95 bits per heavy atom. The summed E-state index contributed by atoms with van der Waals surface area (Å²) in [6.45, 7) is 1.34. The van der Waals surface area contributed by atoms with Crippen molar-refractivity contribution < 1.29 is 22.7 Å². The Kier molecular flexibility index (Phi) is 4.56. The molecule has 1 heterocycles. The van der Waals surface area contributed by atoms with Crippen molar-refractivity contribution in [3.63, 3.8) is 0 Å². The van der Waals surface area contributed by atoms with Crippen molar-refractivity contribution in [2.75, 3.05) is 13.1 Å². The summed E-state index contributed by atoms with van der Waals surface area (Å²) in [7, 11) is 0. The minimum absolute atomic E-state index is 0.249. The Morgan fingerprint density at radius 3 is 2.52 bits per heavy atom. The molecule has 114 valence electrons. The van der Waals surface area contributed by atoms with Crippen molar-refractivity contribution in [3.8, 4) is 5.75 Å². The SMILES string of the molecule is O=Nc1cc(C(F)(F)F)ccc1OC(=O)C1CCNCC1. The van der Waals surface area contributed by atoms with Gasteiger partial charge in [-0.1, -0.05) is 0 Å². The molecule has 21 heavy (non-hydrogen) atoms. The van der Waals surface area contributed by atoms with E-state index in [-0.39, 0.29) is 11.7 Å². The van der Waals surface area contributed by atoms with Crippen LogP contribution in [0.1, 0.15) is 18.4 Å². The number of alkyl halides is 3. The molecular weight excluding hydrogens is 289 g/mol. The lowest BCUT2D eigenvalue weighted by Gasteiger charge is -2.21. The van der Waals surface area contributed by atoms with E-state index in [0.717, 1.165) is 12.1 Å². The summed E-state index contributed by atoms with van der Waals surface area (Å²) >= 11 is 0. The molecule has 0 bridgehead atoms. The smallest absolute Gasteiger partial charge is 0.416 e. The predicted molar refractivity (Wildman–Crippen MR) is 68.1 cm³/mol. The van der Waals surface area contributed by atoms with Crippen LogP contribution < -0.4 is 10.1 Å². The number of nitrogens with zero attached hydrogens (tertiary/aromatic N) is 1. The lowest BCUT2D eigenvalue weighted by molar-refractivity contribution is -0.139. The monoisotopic (exact) mass is 302 g/mol. The number of nitrogens with one attached hydrogen (secondary N) is 1. The number of hydrogen-bond donors (Lipinski definition) is 1. The maximum absolute atomic E-state index is 12.5. The third-order valence-electron chi connectivity index (χ3n) is 3.27. The van der Waals surface area contributed by atoms with Crippen LogP contribution in [-0.2, 0) is 11.0 Å². The van der Waals surface area contributed by atoms with E-state index >= 15 is 0 Å². The summed E-state index contributed by atoms with van der Waals surface area (Å²) in [5.41, 5.74) is -1.55. The summed E-state index contributed by atoms with van der Waals surface area (Å²) in [4.78, 5) is 22.5. The molecule has 1 fully saturated rings. The predicted octanol–water partition coefficient (Wildman–Crippen LogP) is 3.01. The van der Waals surface area contributed by atoms with Gasteiger partial charge in [0.25, 0.3) is 0 Å². The molecule has 0 atom stereocenters. The molecule has 1 aliphatic heterocycles. The van der Waals surface area contributed by atoms with Gasteiger partial charge in [0.1, 0.15) is 0 Å². The number of carbonyl (C=O) groups is 1. The number of carbonyl (C=O) groups excluding carboxylic acids is 1. The molecule has 1 aromatic rings. The van der Waals surface area contributed by atoms with E-state index in [1.807, 2.05) is 0 Å². The lowest BCUT2D eigenvalue weighted by atomic mass is 9.98. The largest absolute Gasteiger partial charge is 0.424 e. The molecule has 0 amide bonds. The second-order valence-electron chi connectivity index (χ2n) is 4.72. The second kappa shape index (κ2) is 6.21. The van der Waals surface area contributed by atoms with Gasteiger partial charge in [-0.15, -0.1) is 4.91 Å². The standard InChI is InChI=1S/C13H13F3N2O3/c14-13(15,16)9-1-2-11(10(7-9)18-20)21-12(19)8-3-5-17-6-4-8/h1-2,7-8,17H,3-6H2. The first-order valence-electron chi connectivity index (χ1n) is 6.39. The van der Waals surface area contributed by atoms with Gasteiger partial charge in [0.15, 0.2) is 11.4 Å². The zero-order valence-electron chi connectivity index (χ0n) is 10.9. The number of rotatable bonds is 3. The number of hydrogen-bond acceptors (Lipinski definition) is 5. The van der Waals surface area contributed by atoms with Crippen LogP contribution in [0.5, 0.6) is 5.75 Å². The highest BCUT2D eigenvalue weighted by Crippen LogP contribution is 2.36. The maximum atomic E-state index is 12.5. The number of esters is 1. The lowest BCUT2D eigenvalue weighted by Crippen LogP contribution is -2.33. The summed E-state index contributed by atoms with van der Waals surface area (Å²) in [6, 6.07) is 2.26. The van der Waals surface area contributed by atoms with Gasteiger partial charge in [-0.3, -0.25) is 4.79 Å². The van der Waals surface area contributed by atoms with E-state index in [9.17, 15) is 22.9 Å². The fourth-order valence-electron chi connectivity index (χ4n) is 2.10. The first-order valence-corrected chi connectivity index (χ1v) is 6.39. The molecule has 5 nitrogen and oxygen atoms in total. The molecule has 0 unspecified atom stereocenters. The van der Waals surface area contributed by atoms with Crippen LogP contribution in [-0.4, -0.2) is 19.1 Å². The van der Waals surface area contributed by atoms with Crippen molar-refractivity contribution in [2.45, 2.75) is 19.0 Å². The minimum atomic E-state index is -4.59. The van der Waals surface area contributed by atoms with Crippen LogP contribution in [0.2, 0.25) is 0 Å². The Bertz CT molecular complexity index is 540. The summed E-state index contributed by atoms with van der Waals surface area (Å²) in [5.74, 6) is -1.13. The number of piperidine rings is 1. The molecular formula is C13H13F3N2O3. The number of benzene rings is 1. The van der Waals surface area contributed by atoms with Crippen molar-refractivity contribution in [2.24, 2.45) is 11.1 Å². The average molecular weight is 302 g/mol. The third-order valence-corrected chi connectivity index (χ3v) is 3.27. The molecule has 0 spiro atoms. The van der Waals surface area contributed by atoms with Crippen molar-refractivity contribution in [3.05, 3.63) is 28.7 Å². The molecule has 0 radical (unpaired) electrons. The van der Waals surface area contributed by atoms with E-state index in [1.165, 1.54) is 0 Å². The van der Waals surface area contributed by atoms with Gasteiger partial charge in [0, 0.05) is 0 Å². The van der Waals surface area contributed by atoms with Gasteiger partial charge in [-0.25, -0.2) is 0 Å². The number of ether oxygens (including phenoxy) is 1. The second-order valence-corrected chi connectivity index (χ2v) is 4.72. The molecule has 2 rings (SSSR count). The van der Waals surface area contributed by atoms with Crippen molar-refractivity contribution in [1.29, 1.82) is 0 Å². The van der Waals surface area contributed by atoms with E-state index in [2.05, 4.69) is 10.5 Å². The van der Waals surface area contributed by atoms with E-state index in [4.69, 9.17) is 4.74 Å². The molecule has 0 saturated carbocycles. The summed E-state index contributed by atoms with van der Waals surface area (Å²) in [6.07, 6.45) is -3.41. The minimum Gasteiger partial charge on any atom is -0.424 e. The van der Waals surface area contributed by atoms with Crippen LogP contribution in [0.3, 0.4) is 0 Å². The van der Waals surface area contributed by atoms with E-state index < -0.39 is 23.4 Å². The average Bonchev–Trinajstić information content (AvgIpc) is 2.47. The topological polar surface area (TPSA) is 67.8 Å². The van der Waals surface area contributed by atoms with Gasteiger partial charge < -0.3 is 10.1 Å². The third kappa shape index (κ3) is 3.78. The first-order chi connectivity index (χ1) is 9.91. The van der Waals surface area contributed by atoms with Crippen LogP contribution in [0.25, 0.3) is 0 Å². The normalized spacial score (nSPS) is 16.5. The fraction of sp³-hybridized carbons (Fsp3) is 0.462. The Labute approximate surface area is 118 Å². The zero-order chi connectivity index (χ0) is 15.5. The Hall–Kier alpha value is -1.96. The van der Waals surface area contributed by atoms with Gasteiger partial charge in [-0.2, -0.15) is 13.2 Å². The van der Waals surface area contributed by atoms with Gasteiger partial charge in [0.2, 0.25) is 0 Å². The fourth-order valence-corrected chi connectivity index (χ4v) is 2.10. The van der Waals surface area contributed by atoms with Gasteiger partial charge in [-0.05, 0) is 49.3 Å². The molecule has 0 aliphatic carbocycles. The molecule has 1 aromatic carbocycles. The van der Waals surface area contributed by atoms with Crippen molar-refractivity contribution >= 4 is 11.7 Å². The Morgan fingerprint density at radius 1 is 1.29 bits per heavy atom. The molecule has 1 saturated heterocycles. The quantitative estimate of drug-likeness (QED) is 0.529. The Balaban J connectivity index is 2.16. The number of nitroso groups, excluding NO2 is 1. The molecule has 1 N–H and O–H groups in total. The molecule has 8 heteroatoms. The molecule has 0 aromatic heterocycles. The first kappa shape index (κ1) is 15.4. The summed E-state index contributed by atoms with van der Waals surface area (Å²) in [5, 5.41) is 5.58. The van der Waals surface area contributed by atoms with Gasteiger partial charge >= 0.3 is 12.1 Å². The zero-order valence-corrected chi connectivity index (χ0v) is 10.9. The van der Waals surface area contributed by atoms with Crippen LogP contribution in [0, 0.1) is 10.8 Å². The van der Waals surface area contributed by atoms with Crippen LogP contribution in [0.4, 0.5) is 18.9 Å². The highest BCUT2D eigenvalue weighted by Gasteiger charge is 2.32.